The SMILES string of the molecule is Cc1ccc(Cc2cc(N)ccc2C(=O)c2ccccc2)cc1N. The summed E-state index contributed by atoms with van der Waals surface area (Å²) in [5, 5.41) is 0. The van der Waals surface area contributed by atoms with Crippen LogP contribution in [-0.2, 0) is 6.42 Å². The molecule has 0 radical (unpaired) electrons. The smallest absolute Gasteiger partial charge is 0.193 e. The predicted molar refractivity (Wildman–Crippen MR) is 99.1 cm³/mol. The molecule has 3 nitrogen and oxygen atoms in total. The summed E-state index contributed by atoms with van der Waals surface area (Å²) in [5.74, 6) is 0.00526. The van der Waals surface area contributed by atoms with E-state index in [4.69, 9.17) is 11.5 Å². The van der Waals surface area contributed by atoms with Crippen LogP contribution < -0.4 is 11.5 Å². The van der Waals surface area contributed by atoms with Gasteiger partial charge in [0.1, 0.15) is 0 Å². The van der Waals surface area contributed by atoms with Crippen LogP contribution in [0.4, 0.5) is 11.4 Å². The van der Waals surface area contributed by atoms with Gasteiger partial charge in [0.05, 0.1) is 0 Å². The molecular formula is C21H20N2O. The van der Waals surface area contributed by atoms with Crippen LogP contribution in [0, 0.1) is 6.92 Å². The highest BCUT2D eigenvalue weighted by atomic mass is 16.1. The van der Waals surface area contributed by atoms with Crippen molar-refractivity contribution < 1.29 is 4.79 Å². The lowest BCUT2D eigenvalue weighted by Crippen LogP contribution is -2.07. The molecule has 3 heteroatoms. The molecule has 3 rings (SSSR count). The van der Waals surface area contributed by atoms with Crippen molar-refractivity contribution in [2.24, 2.45) is 0 Å². The van der Waals surface area contributed by atoms with E-state index in [-0.39, 0.29) is 5.78 Å². The van der Waals surface area contributed by atoms with E-state index in [0.29, 0.717) is 23.2 Å². The summed E-state index contributed by atoms with van der Waals surface area (Å²) in [6, 6.07) is 20.7. The number of aryl methyl sites for hydroxylation is 1. The lowest BCUT2D eigenvalue weighted by Gasteiger charge is -2.11. The molecular weight excluding hydrogens is 296 g/mol. The molecule has 0 aliphatic carbocycles. The standard InChI is InChI=1S/C21H20N2O/c1-14-7-8-15(12-20(14)23)11-17-13-18(22)9-10-19(17)21(24)16-5-3-2-4-6-16/h2-10,12-13H,11,22-23H2,1H3. The lowest BCUT2D eigenvalue weighted by molar-refractivity contribution is 0.103. The molecule has 3 aromatic carbocycles. The number of hydrogen-bond acceptors (Lipinski definition) is 3. The van der Waals surface area contributed by atoms with Crippen molar-refractivity contribution in [3.63, 3.8) is 0 Å². The number of nitrogens with two attached hydrogens (primary N) is 2. The van der Waals surface area contributed by atoms with E-state index < -0.39 is 0 Å². The third kappa shape index (κ3) is 3.30. The largest absolute Gasteiger partial charge is 0.399 e. The first-order valence-electron chi connectivity index (χ1n) is 7.88. The topological polar surface area (TPSA) is 69.1 Å². The zero-order valence-corrected chi connectivity index (χ0v) is 13.6. The molecule has 0 unspecified atom stereocenters. The summed E-state index contributed by atoms with van der Waals surface area (Å²) in [4.78, 5) is 12.8. The Kier molecular flexibility index (Phi) is 4.34. The second-order valence-corrected chi connectivity index (χ2v) is 5.98. The van der Waals surface area contributed by atoms with Crippen molar-refractivity contribution in [2.45, 2.75) is 13.3 Å². The molecule has 0 bridgehead atoms. The normalized spacial score (nSPS) is 10.5. The van der Waals surface area contributed by atoms with Gasteiger partial charge >= 0.3 is 0 Å². The average molecular weight is 316 g/mol. The van der Waals surface area contributed by atoms with Crippen LogP contribution in [-0.4, -0.2) is 5.78 Å². The van der Waals surface area contributed by atoms with E-state index in [1.807, 2.05) is 61.5 Å². The number of anilines is 2. The lowest BCUT2D eigenvalue weighted by atomic mass is 9.93. The van der Waals surface area contributed by atoms with Crippen LogP contribution in [0.1, 0.15) is 32.6 Å². The molecule has 0 aliphatic rings. The zero-order chi connectivity index (χ0) is 17.1. The van der Waals surface area contributed by atoms with Crippen molar-refractivity contribution in [1.29, 1.82) is 0 Å². The Labute approximate surface area is 141 Å². The summed E-state index contributed by atoms with van der Waals surface area (Å²) in [6.45, 7) is 1.98. The van der Waals surface area contributed by atoms with Crippen LogP contribution in [0.3, 0.4) is 0 Å². The fourth-order valence-corrected chi connectivity index (χ4v) is 2.75. The molecule has 0 amide bonds. The minimum absolute atomic E-state index is 0.00526. The number of ketones is 1. The number of benzene rings is 3. The highest BCUT2D eigenvalue weighted by molar-refractivity contribution is 6.10. The van der Waals surface area contributed by atoms with Crippen LogP contribution in [0.15, 0.2) is 66.7 Å². The minimum atomic E-state index is 0.00526. The van der Waals surface area contributed by atoms with Gasteiger partial charge in [-0.1, -0.05) is 42.5 Å². The third-order valence-corrected chi connectivity index (χ3v) is 4.15. The zero-order valence-electron chi connectivity index (χ0n) is 13.6. The van der Waals surface area contributed by atoms with Crippen molar-refractivity contribution in [3.8, 4) is 0 Å². The van der Waals surface area contributed by atoms with Gasteiger partial charge in [-0.25, -0.2) is 0 Å². The highest BCUT2D eigenvalue weighted by Gasteiger charge is 2.14. The van der Waals surface area contributed by atoms with E-state index in [1.54, 1.807) is 12.1 Å². The summed E-state index contributed by atoms with van der Waals surface area (Å²) >= 11 is 0. The Morgan fingerprint density at radius 1 is 0.917 bits per heavy atom. The molecule has 0 fully saturated rings. The summed E-state index contributed by atoms with van der Waals surface area (Å²) in [5.41, 5.74) is 17.7. The number of hydrogen-bond donors (Lipinski definition) is 2. The predicted octanol–water partition coefficient (Wildman–Crippen LogP) is 3.98. The van der Waals surface area contributed by atoms with Crippen molar-refractivity contribution in [2.75, 3.05) is 11.5 Å². The van der Waals surface area contributed by atoms with E-state index in [1.165, 1.54) is 0 Å². The molecule has 3 aromatic rings. The molecule has 120 valence electrons. The maximum absolute atomic E-state index is 12.8. The average Bonchev–Trinajstić information content (AvgIpc) is 2.59. The van der Waals surface area contributed by atoms with Crippen LogP contribution in [0.25, 0.3) is 0 Å². The van der Waals surface area contributed by atoms with Gasteiger partial charge in [0, 0.05) is 22.5 Å². The molecule has 4 N–H and O–H groups in total. The second kappa shape index (κ2) is 6.59. The highest BCUT2D eigenvalue weighted by Crippen LogP contribution is 2.22. The molecule has 0 aromatic heterocycles. The maximum atomic E-state index is 12.8. The van der Waals surface area contributed by atoms with E-state index in [9.17, 15) is 4.79 Å². The van der Waals surface area contributed by atoms with Crippen LogP contribution in [0.5, 0.6) is 0 Å². The Morgan fingerprint density at radius 3 is 2.38 bits per heavy atom. The molecule has 0 saturated heterocycles. The van der Waals surface area contributed by atoms with Gasteiger partial charge in [-0.05, 0) is 54.3 Å². The minimum Gasteiger partial charge on any atom is -0.399 e. The van der Waals surface area contributed by atoms with Gasteiger partial charge in [-0.15, -0.1) is 0 Å². The molecule has 0 heterocycles. The van der Waals surface area contributed by atoms with Crippen molar-refractivity contribution in [1.82, 2.24) is 0 Å². The first-order chi connectivity index (χ1) is 11.5. The molecule has 0 saturated carbocycles. The maximum Gasteiger partial charge on any atom is 0.193 e. The van der Waals surface area contributed by atoms with Gasteiger partial charge in [-0.3, -0.25) is 4.79 Å². The molecule has 0 spiro atoms. The first kappa shape index (κ1) is 15.8. The van der Waals surface area contributed by atoms with E-state index in [2.05, 4.69) is 0 Å². The number of nitrogen functional groups attached to an aromatic ring is 2. The van der Waals surface area contributed by atoms with Gasteiger partial charge < -0.3 is 11.5 Å². The monoisotopic (exact) mass is 316 g/mol. The van der Waals surface area contributed by atoms with E-state index in [0.717, 1.165) is 22.4 Å². The van der Waals surface area contributed by atoms with Gasteiger partial charge in [0.15, 0.2) is 5.78 Å². The van der Waals surface area contributed by atoms with Gasteiger partial charge in [0.2, 0.25) is 0 Å². The summed E-state index contributed by atoms with van der Waals surface area (Å²) in [7, 11) is 0. The van der Waals surface area contributed by atoms with Crippen molar-refractivity contribution in [3.05, 3.63) is 94.5 Å². The summed E-state index contributed by atoms with van der Waals surface area (Å²) < 4.78 is 0. The third-order valence-electron chi connectivity index (χ3n) is 4.15. The Bertz CT molecular complexity index is 886. The van der Waals surface area contributed by atoms with Crippen LogP contribution >= 0.6 is 0 Å². The van der Waals surface area contributed by atoms with Crippen molar-refractivity contribution >= 4 is 17.2 Å². The quantitative estimate of drug-likeness (QED) is 0.565. The number of carbonyl (C=O) groups excluding carboxylic acids is 1. The van der Waals surface area contributed by atoms with Gasteiger partial charge in [-0.2, -0.15) is 0 Å². The Balaban J connectivity index is 1.99. The molecule has 0 aliphatic heterocycles. The Hall–Kier alpha value is -3.07. The fraction of sp³-hybridized carbons (Fsp3) is 0.0952. The second-order valence-electron chi connectivity index (χ2n) is 5.98. The Morgan fingerprint density at radius 2 is 1.67 bits per heavy atom. The van der Waals surface area contributed by atoms with E-state index >= 15 is 0 Å². The van der Waals surface area contributed by atoms with Crippen LogP contribution in [0.2, 0.25) is 0 Å². The number of rotatable bonds is 4. The first-order valence-corrected chi connectivity index (χ1v) is 7.88. The summed E-state index contributed by atoms with van der Waals surface area (Å²) in [6.07, 6.45) is 0.615. The fourth-order valence-electron chi connectivity index (χ4n) is 2.75. The van der Waals surface area contributed by atoms with Gasteiger partial charge in [0.25, 0.3) is 0 Å². The molecule has 24 heavy (non-hydrogen) atoms. The number of carbonyl (C=O) groups is 1. The molecule has 0 atom stereocenters.